The molecule has 0 aliphatic carbocycles. The van der Waals surface area contributed by atoms with E-state index in [-0.39, 0.29) is 18.9 Å². The molecule has 5 heteroatoms. The maximum absolute atomic E-state index is 12.3. The molecule has 0 spiro atoms. The molecule has 5 nitrogen and oxygen atoms in total. The standard InChI is InChI=1S/C34H63NO4/c1-3-5-7-9-11-13-14-15-16-17-18-20-22-24-26-28-33(38)32(30-36)35-34(39)29-31(37)27-25-23-21-19-12-10-8-6-4-2/h14-15,18,20,26,28,31-33,36-38H,3-13,16-17,19,21-25,27,29-30H2,1-2H3,(H,35,39)/b15-14+,20-18+,28-26+. The predicted molar refractivity (Wildman–Crippen MR) is 167 cm³/mol. The summed E-state index contributed by atoms with van der Waals surface area (Å²) in [6.07, 6.45) is 34.1. The SMILES string of the molecule is CCCCCCC/C=C/CC/C=C/CC/C=C/C(O)C(CO)NC(=O)CC(O)CCCCCCCCCCC. The number of hydrogen-bond acceptors (Lipinski definition) is 4. The van der Waals surface area contributed by atoms with Crippen molar-refractivity contribution in [2.75, 3.05) is 6.61 Å². The second-order valence-electron chi connectivity index (χ2n) is 11.1. The van der Waals surface area contributed by atoms with Gasteiger partial charge in [0.1, 0.15) is 0 Å². The normalized spacial score (nSPS) is 14.5. The molecule has 0 aliphatic rings. The minimum absolute atomic E-state index is 0.00287. The van der Waals surface area contributed by atoms with Crippen LogP contribution in [0, 0.1) is 0 Å². The molecule has 39 heavy (non-hydrogen) atoms. The van der Waals surface area contributed by atoms with Crippen LogP contribution < -0.4 is 5.32 Å². The summed E-state index contributed by atoms with van der Waals surface area (Å²) in [6, 6.07) is -0.761. The quantitative estimate of drug-likeness (QED) is 0.0586. The van der Waals surface area contributed by atoms with Crippen LogP contribution in [0.3, 0.4) is 0 Å². The van der Waals surface area contributed by atoms with Crippen molar-refractivity contribution in [1.82, 2.24) is 5.32 Å². The van der Waals surface area contributed by atoms with Gasteiger partial charge in [0.2, 0.25) is 5.91 Å². The van der Waals surface area contributed by atoms with Crippen molar-refractivity contribution >= 4 is 5.91 Å². The number of aliphatic hydroxyl groups excluding tert-OH is 3. The molecule has 0 fully saturated rings. The lowest BCUT2D eigenvalue weighted by Gasteiger charge is -2.21. The molecule has 0 rings (SSSR count). The van der Waals surface area contributed by atoms with Gasteiger partial charge in [-0.1, -0.05) is 134 Å². The lowest BCUT2D eigenvalue weighted by Crippen LogP contribution is -2.45. The number of rotatable bonds is 28. The van der Waals surface area contributed by atoms with E-state index in [1.54, 1.807) is 6.08 Å². The van der Waals surface area contributed by atoms with Crippen LogP contribution in [0.2, 0.25) is 0 Å². The number of carbonyl (C=O) groups is 1. The van der Waals surface area contributed by atoms with Crippen LogP contribution in [0.25, 0.3) is 0 Å². The van der Waals surface area contributed by atoms with Gasteiger partial charge in [-0.25, -0.2) is 0 Å². The molecule has 0 aromatic rings. The molecule has 4 N–H and O–H groups in total. The fourth-order valence-electron chi connectivity index (χ4n) is 4.60. The number of amides is 1. The van der Waals surface area contributed by atoms with Crippen LogP contribution in [-0.4, -0.2) is 46.1 Å². The van der Waals surface area contributed by atoms with E-state index in [0.717, 1.165) is 38.5 Å². The zero-order valence-electron chi connectivity index (χ0n) is 25.5. The van der Waals surface area contributed by atoms with Gasteiger partial charge in [0.25, 0.3) is 0 Å². The summed E-state index contributed by atoms with van der Waals surface area (Å²) in [5.41, 5.74) is 0. The zero-order chi connectivity index (χ0) is 28.8. The van der Waals surface area contributed by atoms with E-state index in [4.69, 9.17) is 0 Å². The first-order valence-electron chi connectivity index (χ1n) is 16.3. The second-order valence-corrected chi connectivity index (χ2v) is 11.1. The summed E-state index contributed by atoms with van der Waals surface area (Å²) < 4.78 is 0. The fourth-order valence-corrected chi connectivity index (χ4v) is 4.60. The van der Waals surface area contributed by atoms with Crippen LogP contribution >= 0.6 is 0 Å². The average Bonchev–Trinajstić information content (AvgIpc) is 2.92. The van der Waals surface area contributed by atoms with Gasteiger partial charge in [0, 0.05) is 0 Å². The van der Waals surface area contributed by atoms with Gasteiger partial charge >= 0.3 is 0 Å². The van der Waals surface area contributed by atoms with Gasteiger partial charge in [-0.2, -0.15) is 0 Å². The zero-order valence-corrected chi connectivity index (χ0v) is 25.5. The molecule has 0 bridgehead atoms. The molecule has 3 unspecified atom stereocenters. The smallest absolute Gasteiger partial charge is 0.222 e. The number of carbonyl (C=O) groups excluding carboxylic acids is 1. The first-order chi connectivity index (χ1) is 19.0. The molecular formula is C34H63NO4. The highest BCUT2D eigenvalue weighted by atomic mass is 16.3. The van der Waals surface area contributed by atoms with Crippen molar-refractivity contribution < 1.29 is 20.1 Å². The summed E-state index contributed by atoms with van der Waals surface area (Å²) in [5.74, 6) is -0.335. The van der Waals surface area contributed by atoms with Crippen molar-refractivity contribution in [3.8, 4) is 0 Å². The first kappa shape index (κ1) is 37.6. The Morgan fingerprint density at radius 1 is 0.641 bits per heavy atom. The molecule has 0 radical (unpaired) electrons. The van der Waals surface area contributed by atoms with Gasteiger partial charge in [0.15, 0.2) is 0 Å². The van der Waals surface area contributed by atoms with Gasteiger partial charge in [-0.05, 0) is 44.9 Å². The Bertz CT molecular complexity index is 616. The highest BCUT2D eigenvalue weighted by Gasteiger charge is 2.20. The van der Waals surface area contributed by atoms with E-state index < -0.39 is 18.2 Å². The molecule has 0 saturated carbocycles. The third-order valence-electron chi connectivity index (χ3n) is 7.16. The molecule has 228 valence electrons. The summed E-state index contributed by atoms with van der Waals surface area (Å²) in [7, 11) is 0. The highest BCUT2D eigenvalue weighted by molar-refractivity contribution is 5.76. The fraction of sp³-hybridized carbons (Fsp3) is 0.794. The lowest BCUT2D eigenvalue weighted by atomic mass is 10.0. The Kier molecular flexibility index (Phi) is 28.5. The average molecular weight is 550 g/mol. The van der Waals surface area contributed by atoms with Gasteiger partial charge < -0.3 is 20.6 Å². The molecular weight excluding hydrogens is 486 g/mol. The van der Waals surface area contributed by atoms with Crippen molar-refractivity contribution in [3.63, 3.8) is 0 Å². The van der Waals surface area contributed by atoms with Crippen LogP contribution in [0.1, 0.15) is 149 Å². The molecule has 0 saturated heterocycles. The molecule has 0 aromatic heterocycles. The van der Waals surface area contributed by atoms with Crippen molar-refractivity contribution in [2.45, 2.75) is 167 Å². The maximum Gasteiger partial charge on any atom is 0.222 e. The monoisotopic (exact) mass is 549 g/mol. The third kappa shape index (κ3) is 26.6. The van der Waals surface area contributed by atoms with Gasteiger partial charge in [0.05, 0.1) is 31.3 Å². The minimum Gasteiger partial charge on any atom is -0.394 e. The van der Waals surface area contributed by atoms with E-state index in [1.807, 2.05) is 6.08 Å². The molecule has 3 atom stereocenters. The van der Waals surface area contributed by atoms with E-state index in [9.17, 15) is 20.1 Å². The van der Waals surface area contributed by atoms with E-state index in [1.165, 1.54) is 83.5 Å². The summed E-state index contributed by atoms with van der Waals surface area (Å²) in [4.78, 5) is 12.3. The Hall–Kier alpha value is -1.43. The highest BCUT2D eigenvalue weighted by Crippen LogP contribution is 2.13. The molecule has 0 aliphatic heterocycles. The summed E-state index contributed by atoms with van der Waals surface area (Å²) in [5, 5.41) is 32.8. The lowest BCUT2D eigenvalue weighted by molar-refractivity contribution is -0.124. The van der Waals surface area contributed by atoms with E-state index in [0.29, 0.717) is 6.42 Å². The Morgan fingerprint density at radius 2 is 1.10 bits per heavy atom. The minimum atomic E-state index is -0.954. The Labute approximate surface area is 241 Å². The largest absolute Gasteiger partial charge is 0.394 e. The van der Waals surface area contributed by atoms with E-state index in [2.05, 4.69) is 43.5 Å². The number of unbranched alkanes of at least 4 members (excludes halogenated alkanes) is 15. The molecule has 0 heterocycles. The molecule has 1 amide bonds. The second kappa shape index (κ2) is 29.6. The molecule has 0 aromatic carbocycles. The first-order valence-corrected chi connectivity index (χ1v) is 16.3. The van der Waals surface area contributed by atoms with Crippen LogP contribution in [0.15, 0.2) is 36.5 Å². The maximum atomic E-state index is 12.3. The van der Waals surface area contributed by atoms with Crippen molar-refractivity contribution in [2.24, 2.45) is 0 Å². The number of aliphatic hydroxyl groups is 3. The third-order valence-corrected chi connectivity index (χ3v) is 7.16. The topological polar surface area (TPSA) is 89.8 Å². The summed E-state index contributed by atoms with van der Waals surface area (Å²) >= 11 is 0. The van der Waals surface area contributed by atoms with Crippen LogP contribution in [0.4, 0.5) is 0 Å². The Balaban J connectivity index is 3.89. The van der Waals surface area contributed by atoms with Gasteiger partial charge in [-0.3, -0.25) is 4.79 Å². The van der Waals surface area contributed by atoms with Crippen molar-refractivity contribution in [1.29, 1.82) is 0 Å². The number of allylic oxidation sites excluding steroid dienone is 5. The van der Waals surface area contributed by atoms with Crippen LogP contribution in [-0.2, 0) is 4.79 Å². The Morgan fingerprint density at radius 3 is 1.64 bits per heavy atom. The predicted octanol–water partition coefficient (Wildman–Crippen LogP) is 8.09. The summed E-state index contributed by atoms with van der Waals surface area (Å²) in [6.45, 7) is 4.13. The number of nitrogens with one attached hydrogen (secondary N) is 1. The number of hydrogen-bond donors (Lipinski definition) is 4. The van der Waals surface area contributed by atoms with E-state index >= 15 is 0 Å². The van der Waals surface area contributed by atoms with Crippen molar-refractivity contribution in [3.05, 3.63) is 36.5 Å². The van der Waals surface area contributed by atoms with Gasteiger partial charge in [-0.15, -0.1) is 0 Å². The van der Waals surface area contributed by atoms with Crippen LogP contribution in [0.5, 0.6) is 0 Å².